The Bertz CT molecular complexity index is 774. The van der Waals surface area contributed by atoms with Crippen molar-refractivity contribution in [2.24, 2.45) is 18.1 Å². The molecule has 1 aromatic rings. The largest absolute Gasteiger partial charge is 0.382 e. The second kappa shape index (κ2) is 8.13. The summed E-state index contributed by atoms with van der Waals surface area (Å²) in [6.45, 7) is 10.2. The first-order valence-electron chi connectivity index (χ1n) is 9.69. The van der Waals surface area contributed by atoms with Crippen molar-refractivity contribution in [3.05, 3.63) is 23.0 Å². The van der Waals surface area contributed by atoms with Crippen LogP contribution < -0.4 is 0 Å². The van der Waals surface area contributed by atoms with Crippen LogP contribution in [0, 0.1) is 24.2 Å². The molecule has 2 aliphatic heterocycles. The minimum atomic E-state index is -0.455. The third-order valence-corrected chi connectivity index (χ3v) is 5.68. The fourth-order valence-corrected chi connectivity index (χ4v) is 3.69. The van der Waals surface area contributed by atoms with Crippen molar-refractivity contribution in [1.29, 1.82) is 5.26 Å². The highest BCUT2D eigenvalue weighted by Crippen LogP contribution is 2.20. The molecule has 0 bridgehead atoms. The fourth-order valence-electron chi connectivity index (χ4n) is 3.69. The van der Waals surface area contributed by atoms with Crippen molar-refractivity contribution in [3.8, 4) is 6.07 Å². The summed E-state index contributed by atoms with van der Waals surface area (Å²) in [6.07, 6.45) is 1.09. The first kappa shape index (κ1) is 19.4. The first-order chi connectivity index (χ1) is 12.9. The number of hydrogen-bond donors (Lipinski definition) is 0. The molecule has 27 heavy (non-hydrogen) atoms. The molecule has 3 heterocycles. The van der Waals surface area contributed by atoms with Gasteiger partial charge in [-0.05, 0) is 30.9 Å². The maximum Gasteiger partial charge on any atom is 0.266 e. The summed E-state index contributed by atoms with van der Waals surface area (Å²) in [7, 11) is 1.93. The molecule has 1 amide bonds. The van der Waals surface area contributed by atoms with E-state index in [2.05, 4.69) is 30.0 Å². The van der Waals surface area contributed by atoms with E-state index in [0.29, 0.717) is 24.6 Å². The van der Waals surface area contributed by atoms with E-state index in [0.717, 1.165) is 44.0 Å². The Morgan fingerprint density at radius 3 is 2.78 bits per heavy atom. The second-order valence-electron chi connectivity index (χ2n) is 7.80. The van der Waals surface area contributed by atoms with Crippen molar-refractivity contribution < 1.29 is 9.63 Å². The molecular formula is C20H29N5O2. The van der Waals surface area contributed by atoms with Crippen LogP contribution in [0.2, 0.25) is 0 Å². The van der Waals surface area contributed by atoms with Crippen LogP contribution in [0.3, 0.4) is 0 Å². The zero-order chi connectivity index (χ0) is 19.6. The van der Waals surface area contributed by atoms with Crippen LogP contribution in [0.15, 0.2) is 11.2 Å². The summed E-state index contributed by atoms with van der Waals surface area (Å²) in [5.74, 6) is 0.369. The predicted molar refractivity (Wildman–Crippen MR) is 103 cm³/mol. The zero-order valence-electron chi connectivity index (χ0n) is 16.7. The molecule has 146 valence electrons. The molecule has 0 aliphatic carbocycles. The van der Waals surface area contributed by atoms with Gasteiger partial charge < -0.3 is 14.3 Å². The minimum Gasteiger partial charge on any atom is -0.382 e. The topological polar surface area (TPSA) is 73.9 Å². The van der Waals surface area contributed by atoms with E-state index in [1.807, 2.05) is 29.5 Å². The summed E-state index contributed by atoms with van der Waals surface area (Å²) >= 11 is 0. The highest BCUT2D eigenvalue weighted by Gasteiger charge is 2.33. The van der Waals surface area contributed by atoms with E-state index in [1.165, 1.54) is 5.56 Å². The van der Waals surface area contributed by atoms with E-state index < -0.39 is 6.10 Å². The van der Waals surface area contributed by atoms with Gasteiger partial charge in [0.25, 0.3) is 5.91 Å². The summed E-state index contributed by atoms with van der Waals surface area (Å²) < 4.78 is 1.94. The number of rotatable bonds is 4. The fraction of sp³-hybridized carbons (Fsp3) is 0.650. The van der Waals surface area contributed by atoms with Gasteiger partial charge in [0.05, 0.1) is 5.71 Å². The first-order valence-corrected chi connectivity index (χ1v) is 9.69. The smallest absolute Gasteiger partial charge is 0.266 e. The molecule has 7 nitrogen and oxygen atoms in total. The lowest BCUT2D eigenvalue weighted by Gasteiger charge is -2.23. The highest BCUT2D eigenvalue weighted by atomic mass is 16.6. The molecule has 1 aromatic heterocycles. The van der Waals surface area contributed by atoms with Crippen molar-refractivity contribution >= 4 is 11.6 Å². The molecule has 0 saturated carbocycles. The molecule has 1 atom stereocenters. The minimum absolute atomic E-state index is 0.0545. The Labute approximate surface area is 161 Å². The lowest BCUT2D eigenvalue weighted by Crippen LogP contribution is -2.41. The van der Waals surface area contributed by atoms with Crippen molar-refractivity contribution in [3.63, 3.8) is 0 Å². The summed E-state index contributed by atoms with van der Waals surface area (Å²) in [4.78, 5) is 22.5. The molecule has 0 aromatic carbocycles. The zero-order valence-corrected chi connectivity index (χ0v) is 16.7. The van der Waals surface area contributed by atoms with Gasteiger partial charge in [-0.15, -0.1) is 0 Å². The maximum atomic E-state index is 12.8. The SMILES string of the molecule is Cc1c(CN2CCCN(C(=O)C3CC(C(C)C)=NO3)CC2)cc(C#N)n1C. The van der Waals surface area contributed by atoms with E-state index in [1.54, 1.807) is 0 Å². The van der Waals surface area contributed by atoms with E-state index in [-0.39, 0.29) is 5.91 Å². The molecular weight excluding hydrogens is 342 g/mol. The van der Waals surface area contributed by atoms with E-state index in [4.69, 9.17) is 4.84 Å². The molecule has 2 aliphatic rings. The predicted octanol–water partition coefficient (Wildman–Crippen LogP) is 2.04. The summed E-state index contributed by atoms with van der Waals surface area (Å²) in [6, 6.07) is 4.21. The third-order valence-electron chi connectivity index (χ3n) is 5.68. The van der Waals surface area contributed by atoms with Gasteiger partial charge >= 0.3 is 0 Å². The lowest BCUT2D eigenvalue weighted by atomic mass is 10.0. The highest BCUT2D eigenvalue weighted by molar-refractivity contribution is 5.93. The number of nitriles is 1. The van der Waals surface area contributed by atoms with Crippen molar-refractivity contribution in [1.82, 2.24) is 14.4 Å². The van der Waals surface area contributed by atoms with Gasteiger partial charge in [0, 0.05) is 51.9 Å². The Balaban J connectivity index is 1.57. The normalized spacial score (nSPS) is 21.0. The number of aromatic nitrogens is 1. The second-order valence-corrected chi connectivity index (χ2v) is 7.80. The van der Waals surface area contributed by atoms with Gasteiger partial charge in [-0.2, -0.15) is 5.26 Å². The monoisotopic (exact) mass is 371 g/mol. The number of carbonyl (C=O) groups excluding carboxylic acids is 1. The molecule has 3 rings (SSSR count). The molecule has 1 saturated heterocycles. The van der Waals surface area contributed by atoms with Crippen LogP contribution in [0.5, 0.6) is 0 Å². The van der Waals surface area contributed by atoms with Gasteiger partial charge in [0.15, 0.2) is 0 Å². The van der Waals surface area contributed by atoms with Crippen LogP contribution in [0.25, 0.3) is 0 Å². The van der Waals surface area contributed by atoms with E-state index >= 15 is 0 Å². The molecule has 0 spiro atoms. The Morgan fingerprint density at radius 1 is 1.37 bits per heavy atom. The molecule has 1 fully saturated rings. The van der Waals surface area contributed by atoms with Crippen LogP contribution in [0.4, 0.5) is 0 Å². The Morgan fingerprint density at radius 2 is 2.15 bits per heavy atom. The number of hydrogen-bond acceptors (Lipinski definition) is 5. The van der Waals surface area contributed by atoms with Crippen molar-refractivity contribution in [2.75, 3.05) is 26.2 Å². The van der Waals surface area contributed by atoms with Gasteiger partial charge in [0.1, 0.15) is 11.8 Å². The van der Waals surface area contributed by atoms with E-state index in [9.17, 15) is 10.1 Å². The van der Waals surface area contributed by atoms with Gasteiger partial charge in [0.2, 0.25) is 6.10 Å². The van der Waals surface area contributed by atoms with Crippen LogP contribution in [-0.2, 0) is 23.2 Å². The van der Waals surface area contributed by atoms with Gasteiger partial charge in [-0.3, -0.25) is 9.69 Å². The standard InChI is InChI=1S/C20H29N5O2/c1-14(2)18-11-19(27-22-18)20(26)25-7-5-6-24(8-9-25)13-16-10-17(12-21)23(4)15(16)3/h10,14,19H,5-9,11,13H2,1-4H3. The van der Waals surface area contributed by atoms with Crippen LogP contribution in [-0.4, -0.2) is 58.3 Å². The van der Waals surface area contributed by atoms with Crippen molar-refractivity contribution in [2.45, 2.75) is 46.3 Å². The maximum absolute atomic E-state index is 12.8. The summed E-state index contributed by atoms with van der Waals surface area (Å²) in [5.41, 5.74) is 3.97. The molecule has 7 heteroatoms. The van der Waals surface area contributed by atoms with Crippen LogP contribution >= 0.6 is 0 Å². The van der Waals surface area contributed by atoms with Gasteiger partial charge in [-0.25, -0.2) is 0 Å². The molecule has 0 radical (unpaired) electrons. The lowest BCUT2D eigenvalue weighted by molar-refractivity contribution is -0.141. The molecule has 0 N–H and O–H groups in total. The average molecular weight is 371 g/mol. The number of nitrogens with zero attached hydrogens (tertiary/aromatic N) is 5. The Kier molecular flexibility index (Phi) is 5.85. The number of oxime groups is 1. The van der Waals surface area contributed by atoms with Crippen LogP contribution in [0.1, 0.15) is 43.6 Å². The average Bonchev–Trinajstić information content (AvgIpc) is 3.16. The number of carbonyl (C=O) groups is 1. The summed E-state index contributed by atoms with van der Waals surface area (Å²) in [5, 5.41) is 13.3. The number of amides is 1. The Hall–Kier alpha value is -2.33. The van der Waals surface area contributed by atoms with Gasteiger partial charge in [-0.1, -0.05) is 19.0 Å². The third kappa shape index (κ3) is 4.16. The molecule has 1 unspecified atom stereocenters. The quantitative estimate of drug-likeness (QED) is 0.812.